The maximum Gasteiger partial charge on any atom is 0.264 e. The van der Waals surface area contributed by atoms with E-state index in [0.717, 1.165) is 102 Å². The number of amides is 6. The number of benzene rings is 3. The van der Waals surface area contributed by atoms with Gasteiger partial charge in [-0.3, -0.25) is 39.0 Å². The Morgan fingerprint density at radius 1 is 0.914 bits per heavy atom. The van der Waals surface area contributed by atoms with Crippen molar-refractivity contribution in [1.82, 2.24) is 15.2 Å². The van der Waals surface area contributed by atoms with Gasteiger partial charge in [-0.15, -0.1) is 11.3 Å². The van der Waals surface area contributed by atoms with Crippen molar-refractivity contribution in [2.24, 2.45) is 5.92 Å². The first-order chi connectivity index (χ1) is 28.1. The molecule has 14 heteroatoms. The number of aryl methyl sites for hydroxylation is 1. The fourth-order valence-electron chi connectivity index (χ4n) is 7.97. The number of aromatic nitrogens is 1. The fraction of sp³-hybridized carbons (Fsp3) is 0.386. The molecule has 1 saturated heterocycles. The van der Waals surface area contributed by atoms with Gasteiger partial charge in [-0.25, -0.2) is 4.98 Å². The monoisotopic (exact) mass is 802 g/mol. The van der Waals surface area contributed by atoms with Gasteiger partial charge in [0.05, 0.1) is 29.8 Å². The van der Waals surface area contributed by atoms with Crippen molar-refractivity contribution in [3.05, 3.63) is 87.8 Å². The number of hydrogen-bond donors (Lipinski definition) is 3. The minimum absolute atomic E-state index is 0.0782. The van der Waals surface area contributed by atoms with Gasteiger partial charge in [0.1, 0.15) is 11.8 Å². The number of hydrogen-bond acceptors (Lipinski definition) is 10. The molecule has 2 fully saturated rings. The quantitative estimate of drug-likeness (QED) is 0.0854. The zero-order valence-corrected chi connectivity index (χ0v) is 33.3. The van der Waals surface area contributed by atoms with Gasteiger partial charge in [-0.1, -0.05) is 43.5 Å². The van der Waals surface area contributed by atoms with Crippen LogP contribution in [0.15, 0.2) is 60.7 Å². The van der Waals surface area contributed by atoms with Gasteiger partial charge < -0.3 is 20.3 Å². The Bertz CT molecular complexity index is 2300. The van der Waals surface area contributed by atoms with Gasteiger partial charge in [0.15, 0.2) is 5.13 Å². The number of rotatable bonds is 16. The molecule has 1 aromatic heterocycles. The number of carbonyl (C=O) groups excluding carboxylic acids is 6. The Morgan fingerprint density at radius 2 is 1.72 bits per heavy atom. The molecule has 4 aromatic rings. The number of fused-ring (bicyclic) bond motifs is 2. The summed E-state index contributed by atoms with van der Waals surface area (Å²) in [4.78, 5) is 84.8. The number of thiazole rings is 1. The molecule has 13 nitrogen and oxygen atoms in total. The van der Waals surface area contributed by atoms with Gasteiger partial charge in [-0.2, -0.15) is 0 Å². The van der Waals surface area contributed by atoms with Crippen LogP contribution in [0.3, 0.4) is 0 Å². The van der Waals surface area contributed by atoms with Crippen molar-refractivity contribution >= 4 is 63.3 Å². The Morgan fingerprint density at radius 3 is 2.55 bits per heavy atom. The van der Waals surface area contributed by atoms with E-state index in [1.54, 1.807) is 18.2 Å². The summed E-state index contributed by atoms with van der Waals surface area (Å²) in [6, 6.07) is 17.8. The molecule has 3 aromatic carbocycles. The van der Waals surface area contributed by atoms with E-state index in [-0.39, 0.29) is 48.1 Å². The number of unbranched alkanes of at least 4 members (excludes halogenated alkanes) is 4. The standard InChI is InChI=1S/C44H46N6O7S/c1-26-39(30-15-16-34-29(25-30)19-21-49(34)41(54)28-13-14-28)48-44(58-26)47-37(52)24-27-9-7-10-31(23-27)57-22-6-4-2-3-5-20-45-33-12-8-11-32-38(33)43(56)50(42(32)55)35-17-18-36(51)46-40(35)53/h7-12,15-16,23,25,28,35,45H,2-6,13-14,17-22,24H2,1H3,(H,46,51,53)(H,47,48,52). The molecule has 4 heterocycles. The summed E-state index contributed by atoms with van der Waals surface area (Å²) in [7, 11) is 0. The van der Waals surface area contributed by atoms with Crippen molar-refractivity contribution in [2.45, 2.75) is 83.6 Å². The van der Waals surface area contributed by atoms with Crippen LogP contribution in [-0.2, 0) is 32.0 Å². The lowest BCUT2D eigenvalue weighted by Gasteiger charge is -2.27. The molecule has 4 aliphatic rings. The molecule has 58 heavy (non-hydrogen) atoms. The number of anilines is 3. The fourth-order valence-corrected chi connectivity index (χ4v) is 8.83. The van der Waals surface area contributed by atoms with E-state index >= 15 is 0 Å². The first kappa shape index (κ1) is 39.0. The van der Waals surface area contributed by atoms with Gasteiger partial charge in [-0.05, 0) is 93.0 Å². The smallest absolute Gasteiger partial charge is 0.264 e. The molecule has 6 amide bonds. The topological polar surface area (TPSA) is 167 Å². The molecular weight excluding hydrogens is 757 g/mol. The van der Waals surface area contributed by atoms with Crippen LogP contribution in [0.5, 0.6) is 5.75 Å². The zero-order chi connectivity index (χ0) is 40.3. The van der Waals surface area contributed by atoms with Crippen LogP contribution in [-0.4, -0.2) is 71.1 Å². The van der Waals surface area contributed by atoms with Crippen LogP contribution >= 0.6 is 11.3 Å². The van der Waals surface area contributed by atoms with Gasteiger partial charge in [0.2, 0.25) is 23.6 Å². The lowest BCUT2D eigenvalue weighted by Crippen LogP contribution is -2.54. The number of ether oxygens (including phenoxy) is 1. The lowest BCUT2D eigenvalue weighted by atomic mass is 10.0. The number of nitrogens with one attached hydrogen (secondary N) is 3. The summed E-state index contributed by atoms with van der Waals surface area (Å²) in [5, 5.41) is 9.05. The second-order valence-corrected chi connectivity index (χ2v) is 16.6. The van der Waals surface area contributed by atoms with Crippen LogP contribution in [0, 0.1) is 12.8 Å². The SMILES string of the molecule is Cc1sc(NC(=O)Cc2cccc(OCCCCCCCNc3cccc4c3C(=O)N(C3CCC(=O)NC3=O)C4=O)c2)nc1-c1ccc2c(c1)CCN2C(=O)C1CC1. The molecule has 1 aliphatic carbocycles. The van der Waals surface area contributed by atoms with Crippen LogP contribution in [0.1, 0.15) is 94.5 Å². The molecule has 0 bridgehead atoms. The maximum absolute atomic E-state index is 13.3. The third kappa shape index (κ3) is 8.38. The summed E-state index contributed by atoms with van der Waals surface area (Å²) >= 11 is 1.45. The van der Waals surface area contributed by atoms with Crippen molar-refractivity contribution in [3.63, 3.8) is 0 Å². The number of nitrogens with zero attached hydrogens (tertiary/aromatic N) is 3. The summed E-state index contributed by atoms with van der Waals surface area (Å²) in [6.45, 7) is 3.91. The average Bonchev–Trinajstić information content (AvgIpc) is 3.80. The minimum Gasteiger partial charge on any atom is -0.494 e. The van der Waals surface area contributed by atoms with E-state index in [0.29, 0.717) is 24.0 Å². The van der Waals surface area contributed by atoms with Crippen molar-refractivity contribution in [2.75, 3.05) is 35.2 Å². The Kier molecular flexibility index (Phi) is 11.4. The van der Waals surface area contributed by atoms with Crippen molar-refractivity contribution < 1.29 is 33.5 Å². The number of carbonyl (C=O) groups is 6. The normalized spacial score (nSPS) is 17.3. The molecule has 1 saturated carbocycles. The van der Waals surface area contributed by atoms with Crippen LogP contribution in [0.25, 0.3) is 11.3 Å². The summed E-state index contributed by atoms with van der Waals surface area (Å²) in [5.41, 5.74) is 5.94. The van der Waals surface area contributed by atoms with Crippen LogP contribution < -0.4 is 25.6 Å². The Balaban J connectivity index is 0.738. The molecular formula is C44H46N6O7S. The second kappa shape index (κ2) is 16.9. The predicted molar refractivity (Wildman–Crippen MR) is 220 cm³/mol. The van der Waals surface area contributed by atoms with E-state index in [2.05, 4.69) is 22.0 Å². The molecule has 3 aliphatic heterocycles. The first-order valence-corrected chi connectivity index (χ1v) is 21.0. The predicted octanol–water partition coefficient (Wildman–Crippen LogP) is 6.44. The minimum atomic E-state index is -0.993. The highest BCUT2D eigenvalue weighted by Gasteiger charge is 2.45. The highest BCUT2D eigenvalue weighted by atomic mass is 32.1. The maximum atomic E-state index is 13.3. The van der Waals surface area contributed by atoms with E-state index < -0.39 is 29.7 Å². The van der Waals surface area contributed by atoms with Gasteiger partial charge in [0.25, 0.3) is 11.8 Å². The van der Waals surface area contributed by atoms with Crippen LogP contribution in [0.2, 0.25) is 0 Å². The molecule has 3 N–H and O–H groups in total. The van der Waals surface area contributed by atoms with Crippen molar-refractivity contribution in [3.8, 4) is 17.0 Å². The Hall–Kier alpha value is -5.89. The first-order valence-electron chi connectivity index (χ1n) is 20.2. The van der Waals surface area contributed by atoms with E-state index in [1.807, 2.05) is 48.2 Å². The van der Waals surface area contributed by atoms with Gasteiger partial charge in [0, 0.05) is 47.2 Å². The molecule has 300 valence electrons. The molecule has 0 radical (unpaired) electrons. The highest BCUT2D eigenvalue weighted by Crippen LogP contribution is 2.39. The summed E-state index contributed by atoms with van der Waals surface area (Å²) in [6.07, 6.45) is 7.92. The van der Waals surface area contributed by atoms with E-state index in [4.69, 9.17) is 9.72 Å². The third-order valence-corrected chi connectivity index (χ3v) is 12.0. The number of piperidine rings is 1. The Labute approximate surface area is 340 Å². The second-order valence-electron chi connectivity index (χ2n) is 15.4. The van der Waals surface area contributed by atoms with Gasteiger partial charge >= 0.3 is 0 Å². The average molecular weight is 803 g/mol. The molecule has 0 spiro atoms. The van der Waals surface area contributed by atoms with Crippen LogP contribution in [0.4, 0.5) is 16.5 Å². The summed E-state index contributed by atoms with van der Waals surface area (Å²) < 4.78 is 6.01. The largest absolute Gasteiger partial charge is 0.494 e. The lowest BCUT2D eigenvalue weighted by molar-refractivity contribution is -0.136. The van der Waals surface area contributed by atoms with E-state index in [1.165, 1.54) is 11.3 Å². The zero-order valence-electron chi connectivity index (χ0n) is 32.4. The number of imide groups is 2. The van der Waals surface area contributed by atoms with E-state index in [9.17, 15) is 28.8 Å². The molecule has 8 rings (SSSR count). The molecule has 1 atom stereocenters. The highest BCUT2D eigenvalue weighted by molar-refractivity contribution is 7.16. The van der Waals surface area contributed by atoms with Crippen molar-refractivity contribution in [1.29, 1.82) is 0 Å². The summed E-state index contributed by atoms with van der Waals surface area (Å²) in [5.74, 6) is -1.06. The molecule has 1 unspecified atom stereocenters. The third-order valence-electron chi connectivity index (χ3n) is 11.1.